The summed E-state index contributed by atoms with van der Waals surface area (Å²) in [6, 6.07) is 0. The third-order valence-electron chi connectivity index (χ3n) is 10.0. The van der Waals surface area contributed by atoms with E-state index in [1.807, 2.05) is 0 Å². The van der Waals surface area contributed by atoms with Crippen molar-refractivity contribution in [1.29, 1.82) is 0 Å². The Morgan fingerprint density at radius 1 is 0.375 bits per heavy atom. The van der Waals surface area contributed by atoms with E-state index < -0.39 is 6.10 Å². The number of carbonyl (C=O) groups is 3. The van der Waals surface area contributed by atoms with Gasteiger partial charge in [-0.25, -0.2) is 0 Å². The Balaban J connectivity index is 4.38. The van der Waals surface area contributed by atoms with Crippen LogP contribution in [0.5, 0.6) is 0 Å². The summed E-state index contributed by atoms with van der Waals surface area (Å²) < 4.78 is 16.7. The topological polar surface area (TPSA) is 78.9 Å². The van der Waals surface area contributed by atoms with Crippen molar-refractivity contribution in [1.82, 2.24) is 0 Å². The first-order valence-corrected chi connectivity index (χ1v) is 23.6. The third-order valence-corrected chi connectivity index (χ3v) is 10.0. The van der Waals surface area contributed by atoms with Crippen LogP contribution in [0.3, 0.4) is 0 Å². The highest BCUT2D eigenvalue weighted by atomic mass is 16.6. The van der Waals surface area contributed by atoms with Gasteiger partial charge in [0.2, 0.25) is 0 Å². The van der Waals surface area contributed by atoms with Crippen LogP contribution in [-0.4, -0.2) is 37.2 Å². The van der Waals surface area contributed by atoms with Crippen molar-refractivity contribution in [2.45, 2.75) is 239 Å². The van der Waals surface area contributed by atoms with Crippen molar-refractivity contribution in [3.63, 3.8) is 0 Å². The quantitative estimate of drug-likeness (QED) is 0.0265. The Morgan fingerprint density at radius 3 is 1.20 bits per heavy atom. The van der Waals surface area contributed by atoms with Crippen LogP contribution in [0.25, 0.3) is 0 Å². The van der Waals surface area contributed by atoms with Gasteiger partial charge in [0.15, 0.2) is 6.10 Å². The average molecular weight is 785 g/mol. The Bertz CT molecular complexity index is 996. The molecule has 0 radical (unpaired) electrons. The van der Waals surface area contributed by atoms with Crippen LogP contribution >= 0.6 is 0 Å². The largest absolute Gasteiger partial charge is 0.462 e. The van der Waals surface area contributed by atoms with E-state index in [4.69, 9.17) is 14.2 Å². The summed E-state index contributed by atoms with van der Waals surface area (Å²) in [5.74, 6) is -0.925. The van der Waals surface area contributed by atoms with Crippen LogP contribution in [0, 0.1) is 0 Å². The van der Waals surface area contributed by atoms with Crippen molar-refractivity contribution in [2.24, 2.45) is 0 Å². The Hall–Kier alpha value is -2.63. The lowest BCUT2D eigenvalue weighted by Crippen LogP contribution is -2.30. The van der Waals surface area contributed by atoms with Crippen molar-refractivity contribution >= 4 is 17.9 Å². The molecule has 0 aliphatic carbocycles. The van der Waals surface area contributed by atoms with Crippen LogP contribution < -0.4 is 0 Å². The van der Waals surface area contributed by atoms with Crippen molar-refractivity contribution in [3.8, 4) is 0 Å². The number of esters is 3. The fourth-order valence-corrected chi connectivity index (χ4v) is 6.52. The molecule has 0 spiro atoms. The maximum Gasteiger partial charge on any atom is 0.306 e. The molecule has 0 amide bonds. The van der Waals surface area contributed by atoms with Crippen LogP contribution in [0.2, 0.25) is 0 Å². The lowest BCUT2D eigenvalue weighted by Gasteiger charge is -2.18. The Labute approximate surface area is 346 Å². The number of hydrogen-bond acceptors (Lipinski definition) is 6. The Morgan fingerprint density at radius 2 is 0.732 bits per heavy atom. The normalized spacial score (nSPS) is 12.4. The molecule has 324 valence electrons. The standard InChI is InChI=1S/C50H88O6/c1-4-7-10-13-16-19-22-24-25-27-28-31-34-37-40-43-49(52)55-46-47(45-54-48(51)42-39-36-33-30-21-18-15-12-9-6-3)56-50(53)44-41-38-35-32-29-26-23-20-17-14-11-8-5-2/h8,11-12,15,17,20,26,29,47H,4-7,9-10,13-14,16,18-19,21-25,27-28,30-46H2,1-3H3/b11-8-,15-12-,20-17-,29-26-. The van der Waals surface area contributed by atoms with E-state index in [0.29, 0.717) is 19.3 Å². The van der Waals surface area contributed by atoms with Crippen LogP contribution in [-0.2, 0) is 28.6 Å². The van der Waals surface area contributed by atoms with Crippen molar-refractivity contribution in [3.05, 3.63) is 48.6 Å². The minimum absolute atomic E-state index is 0.0859. The van der Waals surface area contributed by atoms with E-state index in [1.54, 1.807) is 0 Å². The van der Waals surface area contributed by atoms with Crippen molar-refractivity contribution < 1.29 is 28.6 Å². The molecule has 0 rings (SSSR count). The van der Waals surface area contributed by atoms with Crippen LogP contribution in [0.1, 0.15) is 233 Å². The lowest BCUT2D eigenvalue weighted by atomic mass is 10.0. The first kappa shape index (κ1) is 53.4. The van der Waals surface area contributed by atoms with E-state index in [0.717, 1.165) is 96.3 Å². The summed E-state index contributed by atoms with van der Waals surface area (Å²) in [5, 5.41) is 0. The number of hydrogen-bond donors (Lipinski definition) is 0. The summed E-state index contributed by atoms with van der Waals surface area (Å²) in [7, 11) is 0. The molecule has 1 unspecified atom stereocenters. The van der Waals surface area contributed by atoms with E-state index >= 15 is 0 Å². The zero-order valence-electron chi connectivity index (χ0n) is 36.9. The maximum absolute atomic E-state index is 12.7. The number of carbonyl (C=O) groups excluding carboxylic acids is 3. The van der Waals surface area contributed by atoms with Gasteiger partial charge in [0.1, 0.15) is 13.2 Å². The molecule has 6 heteroatoms. The zero-order valence-corrected chi connectivity index (χ0v) is 36.9. The van der Waals surface area contributed by atoms with Crippen molar-refractivity contribution in [2.75, 3.05) is 13.2 Å². The van der Waals surface area contributed by atoms with Gasteiger partial charge in [0.25, 0.3) is 0 Å². The highest BCUT2D eigenvalue weighted by molar-refractivity contribution is 5.71. The van der Waals surface area contributed by atoms with E-state index in [2.05, 4.69) is 69.4 Å². The third kappa shape index (κ3) is 42.5. The SMILES string of the molecule is CC/C=C\C/C=C\C/C=C\CCCCCC(=O)OC(COC(=O)CCCCCCC/C=C\CCC)COC(=O)CCCCCCCCCCCCCCCCC. The molecule has 56 heavy (non-hydrogen) atoms. The average Bonchev–Trinajstić information content (AvgIpc) is 3.19. The van der Waals surface area contributed by atoms with Gasteiger partial charge in [0, 0.05) is 19.3 Å². The fraction of sp³-hybridized carbons (Fsp3) is 0.780. The number of ether oxygens (including phenoxy) is 3. The van der Waals surface area contributed by atoms with Gasteiger partial charge in [-0.15, -0.1) is 0 Å². The second-order valence-electron chi connectivity index (χ2n) is 15.6. The minimum Gasteiger partial charge on any atom is -0.462 e. The second-order valence-corrected chi connectivity index (χ2v) is 15.6. The van der Waals surface area contributed by atoms with E-state index in [9.17, 15) is 14.4 Å². The maximum atomic E-state index is 12.7. The molecule has 6 nitrogen and oxygen atoms in total. The zero-order chi connectivity index (χ0) is 40.8. The van der Waals surface area contributed by atoms with Gasteiger partial charge in [-0.3, -0.25) is 14.4 Å². The number of rotatable bonds is 42. The predicted octanol–water partition coefficient (Wildman–Crippen LogP) is 15.1. The van der Waals surface area contributed by atoms with Gasteiger partial charge in [0.05, 0.1) is 0 Å². The molecule has 0 aromatic heterocycles. The first-order valence-electron chi connectivity index (χ1n) is 23.6. The first-order chi connectivity index (χ1) is 27.5. The lowest BCUT2D eigenvalue weighted by molar-refractivity contribution is -0.167. The van der Waals surface area contributed by atoms with Gasteiger partial charge < -0.3 is 14.2 Å². The summed E-state index contributed by atoms with van der Waals surface area (Å²) in [5.41, 5.74) is 0. The molecule has 0 aromatic carbocycles. The molecule has 0 fully saturated rings. The highest BCUT2D eigenvalue weighted by Gasteiger charge is 2.19. The van der Waals surface area contributed by atoms with Gasteiger partial charge >= 0.3 is 17.9 Å². The number of allylic oxidation sites excluding steroid dienone is 8. The van der Waals surface area contributed by atoms with Gasteiger partial charge in [-0.05, 0) is 70.6 Å². The highest BCUT2D eigenvalue weighted by Crippen LogP contribution is 2.15. The predicted molar refractivity (Wildman–Crippen MR) is 238 cm³/mol. The van der Waals surface area contributed by atoms with Gasteiger partial charge in [-0.2, -0.15) is 0 Å². The molecule has 0 N–H and O–H groups in total. The molecular formula is C50H88O6. The minimum atomic E-state index is -0.786. The molecule has 0 aliphatic rings. The summed E-state index contributed by atoms with van der Waals surface area (Å²) >= 11 is 0. The van der Waals surface area contributed by atoms with E-state index in [1.165, 1.54) is 96.3 Å². The molecular weight excluding hydrogens is 697 g/mol. The second kappa shape index (κ2) is 45.1. The number of unbranched alkanes of at least 4 members (excludes halogenated alkanes) is 23. The summed E-state index contributed by atoms with van der Waals surface area (Å²) in [6.07, 6.45) is 52.4. The summed E-state index contributed by atoms with van der Waals surface area (Å²) in [4.78, 5) is 37.7. The molecule has 1 atom stereocenters. The smallest absolute Gasteiger partial charge is 0.306 e. The van der Waals surface area contributed by atoms with Crippen LogP contribution in [0.4, 0.5) is 0 Å². The molecule has 0 heterocycles. The molecule has 0 saturated carbocycles. The summed E-state index contributed by atoms with van der Waals surface area (Å²) in [6.45, 7) is 6.43. The Kier molecular flexibility index (Phi) is 43.0. The molecule has 0 saturated heterocycles. The molecule has 0 aliphatic heterocycles. The molecule has 0 aromatic rings. The fourth-order valence-electron chi connectivity index (χ4n) is 6.52. The van der Waals surface area contributed by atoms with Gasteiger partial charge in [-0.1, -0.05) is 191 Å². The monoisotopic (exact) mass is 785 g/mol. The van der Waals surface area contributed by atoms with Crippen LogP contribution in [0.15, 0.2) is 48.6 Å². The molecule has 0 bridgehead atoms. The van der Waals surface area contributed by atoms with E-state index in [-0.39, 0.29) is 31.1 Å².